The Hall–Kier alpha value is -1.22. The van der Waals surface area contributed by atoms with Gasteiger partial charge in [0.05, 0.1) is 12.7 Å². The summed E-state index contributed by atoms with van der Waals surface area (Å²) in [6, 6.07) is 8.00. The molecule has 108 valence electrons. The molecule has 0 radical (unpaired) electrons. The van der Waals surface area contributed by atoms with Gasteiger partial charge in [-0.05, 0) is 31.9 Å². The lowest BCUT2D eigenvalue weighted by atomic mass is 9.88. The number of hydrogen-bond acceptors (Lipinski definition) is 3. The van der Waals surface area contributed by atoms with E-state index in [0.717, 1.165) is 30.8 Å². The van der Waals surface area contributed by atoms with Gasteiger partial charge in [0.1, 0.15) is 5.75 Å². The molecule has 3 nitrogen and oxygen atoms in total. The van der Waals surface area contributed by atoms with Gasteiger partial charge in [-0.2, -0.15) is 0 Å². The zero-order valence-corrected chi connectivity index (χ0v) is 12.6. The molecule has 0 fully saturated rings. The number of rotatable bonds is 8. The van der Waals surface area contributed by atoms with E-state index in [0.29, 0.717) is 0 Å². The Morgan fingerprint density at radius 3 is 2.68 bits per heavy atom. The van der Waals surface area contributed by atoms with Crippen LogP contribution in [0.2, 0.25) is 0 Å². The molecular weight excluding hydrogens is 238 g/mol. The van der Waals surface area contributed by atoms with Crippen molar-refractivity contribution in [3.8, 4) is 5.75 Å². The van der Waals surface area contributed by atoms with Crippen molar-refractivity contribution >= 4 is 5.69 Å². The molecule has 2 unspecified atom stereocenters. The molecule has 19 heavy (non-hydrogen) atoms. The minimum absolute atomic E-state index is 0.0758. The first-order valence-corrected chi connectivity index (χ1v) is 7.14. The molecule has 0 aliphatic rings. The SMILES string of the molecule is CCC(C)Oc1cccc(NCC(C)(CC)CO)c1. The predicted octanol–water partition coefficient (Wildman–Crippen LogP) is 3.68. The van der Waals surface area contributed by atoms with Gasteiger partial charge in [0.2, 0.25) is 0 Å². The minimum Gasteiger partial charge on any atom is -0.491 e. The molecule has 0 saturated carbocycles. The topological polar surface area (TPSA) is 41.5 Å². The highest BCUT2D eigenvalue weighted by Gasteiger charge is 2.20. The van der Waals surface area contributed by atoms with Crippen LogP contribution >= 0.6 is 0 Å². The van der Waals surface area contributed by atoms with Gasteiger partial charge >= 0.3 is 0 Å². The number of aliphatic hydroxyl groups is 1. The van der Waals surface area contributed by atoms with Crippen LogP contribution in [0.25, 0.3) is 0 Å². The molecule has 0 heterocycles. The first-order chi connectivity index (χ1) is 9.03. The highest BCUT2D eigenvalue weighted by atomic mass is 16.5. The van der Waals surface area contributed by atoms with Gasteiger partial charge in [0, 0.05) is 23.7 Å². The molecule has 0 amide bonds. The van der Waals surface area contributed by atoms with Crippen molar-refractivity contribution in [2.45, 2.75) is 46.6 Å². The van der Waals surface area contributed by atoms with Crippen LogP contribution < -0.4 is 10.1 Å². The summed E-state index contributed by atoms with van der Waals surface area (Å²) in [6.45, 7) is 9.31. The smallest absolute Gasteiger partial charge is 0.121 e. The quantitative estimate of drug-likeness (QED) is 0.753. The summed E-state index contributed by atoms with van der Waals surface area (Å²) in [7, 11) is 0. The molecule has 0 bridgehead atoms. The van der Waals surface area contributed by atoms with Crippen LogP contribution in [-0.4, -0.2) is 24.4 Å². The largest absolute Gasteiger partial charge is 0.491 e. The minimum atomic E-state index is -0.0758. The molecule has 2 N–H and O–H groups in total. The van der Waals surface area contributed by atoms with Crippen LogP contribution in [0.1, 0.15) is 40.5 Å². The third kappa shape index (κ3) is 5.11. The van der Waals surface area contributed by atoms with E-state index in [1.807, 2.05) is 24.3 Å². The van der Waals surface area contributed by atoms with Gasteiger partial charge in [-0.25, -0.2) is 0 Å². The molecule has 3 heteroatoms. The summed E-state index contributed by atoms with van der Waals surface area (Å²) < 4.78 is 5.80. The van der Waals surface area contributed by atoms with Gasteiger partial charge < -0.3 is 15.2 Å². The number of nitrogens with one attached hydrogen (secondary N) is 1. The fourth-order valence-corrected chi connectivity index (χ4v) is 1.60. The van der Waals surface area contributed by atoms with Crippen molar-refractivity contribution in [2.24, 2.45) is 5.41 Å². The van der Waals surface area contributed by atoms with Crippen molar-refractivity contribution in [2.75, 3.05) is 18.5 Å². The predicted molar refractivity (Wildman–Crippen MR) is 80.8 cm³/mol. The Kier molecular flexibility index (Phi) is 6.16. The van der Waals surface area contributed by atoms with Crippen LogP contribution in [0.3, 0.4) is 0 Å². The number of benzene rings is 1. The lowest BCUT2D eigenvalue weighted by molar-refractivity contribution is 0.149. The van der Waals surface area contributed by atoms with E-state index in [4.69, 9.17) is 4.74 Å². The van der Waals surface area contributed by atoms with Crippen molar-refractivity contribution in [1.82, 2.24) is 0 Å². The summed E-state index contributed by atoms with van der Waals surface area (Å²) in [4.78, 5) is 0. The Labute approximate surface area is 117 Å². The maximum atomic E-state index is 9.40. The van der Waals surface area contributed by atoms with Crippen LogP contribution in [0.5, 0.6) is 5.75 Å². The Morgan fingerprint density at radius 2 is 2.11 bits per heavy atom. The second kappa shape index (κ2) is 7.39. The molecule has 2 atom stereocenters. The number of aliphatic hydroxyl groups excluding tert-OH is 1. The van der Waals surface area contributed by atoms with Crippen molar-refractivity contribution < 1.29 is 9.84 Å². The summed E-state index contributed by atoms with van der Waals surface area (Å²) in [5.74, 6) is 0.890. The monoisotopic (exact) mass is 265 g/mol. The fraction of sp³-hybridized carbons (Fsp3) is 0.625. The lowest BCUT2D eigenvalue weighted by Crippen LogP contribution is -2.29. The number of anilines is 1. The Bertz CT molecular complexity index is 375. The summed E-state index contributed by atoms with van der Waals surface area (Å²) in [6.07, 6.45) is 2.17. The van der Waals surface area contributed by atoms with E-state index in [2.05, 4.69) is 33.0 Å². The van der Waals surface area contributed by atoms with E-state index >= 15 is 0 Å². The Morgan fingerprint density at radius 1 is 1.37 bits per heavy atom. The molecular formula is C16H27NO2. The molecule has 0 spiro atoms. The first-order valence-electron chi connectivity index (χ1n) is 7.14. The van der Waals surface area contributed by atoms with E-state index in [1.165, 1.54) is 0 Å². The van der Waals surface area contributed by atoms with E-state index in [9.17, 15) is 5.11 Å². The van der Waals surface area contributed by atoms with Crippen LogP contribution in [-0.2, 0) is 0 Å². The summed E-state index contributed by atoms with van der Waals surface area (Å²) in [5.41, 5.74) is 0.960. The van der Waals surface area contributed by atoms with Gasteiger partial charge in [0.25, 0.3) is 0 Å². The highest BCUT2D eigenvalue weighted by molar-refractivity contribution is 5.48. The van der Waals surface area contributed by atoms with Crippen molar-refractivity contribution in [3.63, 3.8) is 0 Å². The van der Waals surface area contributed by atoms with Gasteiger partial charge in [-0.1, -0.05) is 26.8 Å². The van der Waals surface area contributed by atoms with Crippen LogP contribution in [0.15, 0.2) is 24.3 Å². The van der Waals surface area contributed by atoms with E-state index in [1.54, 1.807) is 0 Å². The van der Waals surface area contributed by atoms with Crippen molar-refractivity contribution in [3.05, 3.63) is 24.3 Å². The zero-order valence-electron chi connectivity index (χ0n) is 12.6. The third-order valence-corrected chi connectivity index (χ3v) is 3.70. The number of ether oxygens (including phenoxy) is 1. The first kappa shape index (κ1) is 15.8. The molecule has 0 aliphatic heterocycles. The fourth-order valence-electron chi connectivity index (χ4n) is 1.60. The maximum absolute atomic E-state index is 9.40. The van der Waals surface area contributed by atoms with E-state index < -0.39 is 0 Å². The lowest BCUT2D eigenvalue weighted by Gasteiger charge is -2.26. The summed E-state index contributed by atoms with van der Waals surface area (Å²) >= 11 is 0. The molecule has 1 rings (SSSR count). The maximum Gasteiger partial charge on any atom is 0.121 e. The average molecular weight is 265 g/mol. The van der Waals surface area contributed by atoms with Gasteiger partial charge in [-0.15, -0.1) is 0 Å². The molecule has 1 aromatic rings. The van der Waals surface area contributed by atoms with Gasteiger partial charge in [-0.3, -0.25) is 0 Å². The summed E-state index contributed by atoms with van der Waals surface area (Å²) in [5, 5.41) is 12.8. The van der Waals surface area contributed by atoms with E-state index in [-0.39, 0.29) is 18.1 Å². The number of hydrogen-bond donors (Lipinski definition) is 2. The normalized spacial score (nSPS) is 15.6. The van der Waals surface area contributed by atoms with Crippen molar-refractivity contribution in [1.29, 1.82) is 0 Å². The average Bonchev–Trinajstić information content (AvgIpc) is 2.45. The molecule has 0 aromatic heterocycles. The second-order valence-corrected chi connectivity index (χ2v) is 5.54. The standard InChI is InChI=1S/C16H27NO2/c1-5-13(3)19-15-9-7-8-14(10-15)17-11-16(4,6-2)12-18/h7-10,13,17-18H,5-6,11-12H2,1-4H3. The third-order valence-electron chi connectivity index (χ3n) is 3.70. The van der Waals surface area contributed by atoms with Crippen LogP contribution in [0, 0.1) is 5.41 Å². The highest BCUT2D eigenvalue weighted by Crippen LogP contribution is 2.23. The van der Waals surface area contributed by atoms with Crippen LogP contribution in [0.4, 0.5) is 5.69 Å². The molecule has 0 aliphatic carbocycles. The van der Waals surface area contributed by atoms with Gasteiger partial charge in [0.15, 0.2) is 0 Å². The molecule has 1 aromatic carbocycles. The zero-order chi connectivity index (χ0) is 14.3. The molecule has 0 saturated heterocycles. The second-order valence-electron chi connectivity index (χ2n) is 5.54. The Balaban J connectivity index is 2.62.